The van der Waals surface area contributed by atoms with Crippen molar-refractivity contribution in [3.63, 3.8) is 0 Å². The minimum Gasteiger partial charge on any atom is -0.398 e. The summed E-state index contributed by atoms with van der Waals surface area (Å²) in [4.78, 5) is 8.50. The average Bonchev–Trinajstić information content (AvgIpc) is 2.96. The van der Waals surface area contributed by atoms with Crippen LogP contribution in [0.2, 0.25) is 0 Å². The highest BCUT2D eigenvalue weighted by Crippen LogP contribution is 2.30. The lowest BCUT2D eigenvalue weighted by Gasteiger charge is -2.15. The maximum Gasteiger partial charge on any atom is 0.115 e. The highest BCUT2D eigenvalue weighted by molar-refractivity contribution is 7.09. The number of nitrogens with zero attached hydrogens (tertiary/aromatic N) is 2. The number of thiazole rings is 1. The molecule has 3 aromatic rings. The molecule has 0 saturated carbocycles. The molecule has 96 valence electrons. The third kappa shape index (κ3) is 2.24. The quantitative estimate of drug-likeness (QED) is 0.715. The highest BCUT2D eigenvalue weighted by atomic mass is 32.1. The number of aromatic nitrogens is 2. The van der Waals surface area contributed by atoms with Crippen LogP contribution in [0.15, 0.2) is 42.2 Å². The topological polar surface area (TPSA) is 63.8 Å². The Bertz CT molecular complexity index is 694. The molecule has 0 spiro atoms. The lowest BCUT2D eigenvalue weighted by atomic mass is 10.1. The molecule has 0 saturated heterocycles. The Labute approximate surface area is 115 Å². The van der Waals surface area contributed by atoms with Gasteiger partial charge in [-0.15, -0.1) is 11.3 Å². The molecule has 2 heterocycles. The summed E-state index contributed by atoms with van der Waals surface area (Å²) in [6.45, 7) is 2.09. The van der Waals surface area contributed by atoms with Crippen LogP contribution in [0.1, 0.15) is 18.0 Å². The largest absolute Gasteiger partial charge is 0.398 e. The Morgan fingerprint density at radius 1 is 1.21 bits per heavy atom. The van der Waals surface area contributed by atoms with Gasteiger partial charge in [0.2, 0.25) is 0 Å². The first-order valence-corrected chi connectivity index (χ1v) is 6.92. The number of pyridine rings is 1. The molecule has 0 aliphatic heterocycles. The van der Waals surface area contributed by atoms with Crippen LogP contribution in [0.5, 0.6) is 0 Å². The fraction of sp³-hybridized carbons (Fsp3) is 0.143. The molecule has 3 N–H and O–H groups in total. The van der Waals surface area contributed by atoms with E-state index in [0.717, 1.165) is 27.2 Å². The van der Waals surface area contributed by atoms with Crippen LogP contribution in [0.4, 0.5) is 11.4 Å². The Morgan fingerprint density at radius 2 is 2.11 bits per heavy atom. The first kappa shape index (κ1) is 11.9. The van der Waals surface area contributed by atoms with E-state index in [9.17, 15) is 0 Å². The summed E-state index contributed by atoms with van der Waals surface area (Å²) >= 11 is 1.64. The van der Waals surface area contributed by atoms with Gasteiger partial charge in [-0.05, 0) is 25.1 Å². The molecular formula is C14H14N4S. The summed E-state index contributed by atoms with van der Waals surface area (Å²) in [6.07, 6.45) is 5.41. The van der Waals surface area contributed by atoms with E-state index >= 15 is 0 Å². The number of nitrogens with two attached hydrogens (primary N) is 1. The van der Waals surface area contributed by atoms with Crippen LogP contribution in [0.3, 0.4) is 0 Å². The van der Waals surface area contributed by atoms with Gasteiger partial charge in [-0.2, -0.15) is 0 Å². The number of hydrogen-bond donors (Lipinski definition) is 2. The van der Waals surface area contributed by atoms with Crippen LogP contribution >= 0.6 is 11.3 Å². The van der Waals surface area contributed by atoms with Gasteiger partial charge in [0.05, 0.1) is 6.04 Å². The number of nitrogens with one attached hydrogen (secondary N) is 1. The summed E-state index contributed by atoms with van der Waals surface area (Å²) in [7, 11) is 0. The van der Waals surface area contributed by atoms with Gasteiger partial charge in [-0.25, -0.2) is 4.98 Å². The van der Waals surface area contributed by atoms with Crippen LogP contribution in [0.25, 0.3) is 10.8 Å². The minimum absolute atomic E-state index is 0.159. The fourth-order valence-electron chi connectivity index (χ4n) is 2.08. The predicted molar refractivity (Wildman–Crippen MR) is 80.3 cm³/mol. The molecule has 2 aromatic heterocycles. The van der Waals surface area contributed by atoms with Gasteiger partial charge in [0.1, 0.15) is 5.01 Å². The second kappa shape index (κ2) is 4.85. The summed E-state index contributed by atoms with van der Waals surface area (Å²) in [6, 6.07) is 6.00. The van der Waals surface area contributed by atoms with Crippen molar-refractivity contribution < 1.29 is 0 Å². The standard InChI is InChI=1S/C14H14N4S/c1-9(14-17-6-7-19-14)18-13-3-2-12(15)10-4-5-16-8-11(10)13/h2-9,18H,15H2,1H3. The van der Waals surface area contributed by atoms with E-state index in [0.29, 0.717) is 0 Å². The van der Waals surface area contributed by atoms with E-state index in [4.69, 9.17) is 5.73 Å². The molecule has 3 rings (SSSR count). The summed E-state index contributed by atoms with van der Waals surface area (Å²) in [5.74, 6) is 0. The van der Waals surface area contributed by atoms with Crippen molar-refractivity contribution in [3.05, 3.63) is 47.2 Å². The molecule has 0 aliphatic rings. The maximum atomic E-state index is 5.98. The number of benzene rings is 1. The van der Waals surface area contributed by atoms with Gasteiger partial charge in [0.15, 0.2) is 0 Å². The van der Waals surface area contributed by atoms with Crippen molar-refractivity contribution in [3.8, 4) is 0 Å². The third-order valence-electron chi connectivity index (χ3n) is 3.05. The molecular weight excluding hydrogens is 256 g/mol. The van der Waals surface area contributed by atoms with Gasteiger partial charge in [-0.3, -0.25) is 4.98 Å². The monoisotopic (exact) mass is 270 g/mol. The second-order valence-electron chi connectivity index (χ2n) is 4.36. The number of nitrogen functional groups attached to an aromatic ring is 1. The van der Waals surface area contributed by atoms with E-state index in [2.05, 4.69) is 22.2 Å². The molecule has 1 aromatic carbocycles. The minimum atomic E-state index is 0.159. The van der Waals surface area contributed by atoms with E-state index in [1.807, 2.05) is 36.0 Å². The van der Waals surface area contributed by atoms with Crippen molar-refractivity contribution in [2.45, 2.75) is 13.0 Å². The van der Waals surface area contributed by atoms with Crippen molar-refractivity contribution in [1.82, 2.24) is 9.97 Å². The van der Waals surface area contributed by atoms with Crippen molar-refractivity contribution >= 4 is 33.5 Å². The maximum absolute atomic E-state index is 5.98. The highest BCUT2D eigenvalue weighted by Gasteiger charge is 2.10. The normalized spacial score (nSPS) is 12.5. The molecule has 19 heavy (non-hydrogen) atoms. The first-order valence-electron chi connectivity index (χ1n) is 6.04. The Hall–Kier alpha value is -2.14. The van der Waals surface area contributed by atoms with Gasteiger partial charge in [0, 0.05) is 46.1 Å². The zero-order valence-electron chi connectivity index (χ0n) is 10.5. The van der Waals surface area contributed by atoms with Crippen LogP contribution in [-0.4, -0.2) is 9.97 Å². The Balaban J connectivity index is 2.00. The number of anilines is 2. The van der Waals surface area contributed by atoms with Crippen molar-refractivity contribution in [1.29, 1.82) is 0 Å². The number of fused-ring (bicyclic) bond motifs is 1. The zero-order valence-corrected chi connectivity index (χ0v) is 11.3. The lowest BCUT2D eigenvalue weighted by molar-refractivity contribution is 0.871. The molecule has 0 radical (unpaired) electrons. The van der Waals surface area contributed by atoms with Crippen molar-refractivity contribution in [2.24, 2.45) is 0 Å². The molecule has 0 aliphatic carbocycles. The van der Waals surface area contributed by atoms with Gasteiger partial charge in [0.25, 0.3) is 0 Å². The van der Waals surface area contributed by atoms with Crippen LogP contribution in [-0.2, 0) is 0 Å². The Morgan fingerprint density at radius 3 is 2.89 bits per heavy atom. The second-order valence-corrected chi connectivity index (χ2v) is 5.29. The first-order chi connectivity index (χ1) is 9.25. The van der Waals surface area contributed by atoms with Gasteiger partial charge >= 0.3 is 0 Å². The van der Waals surface area contributed by atoms with Crippen LogP contribution in [0, 0.1) is 0 Å². The molecule has 1 unspecified atom stereocenters. The van der Waals surface area contributed by atoms with Crippen LogP contribution < -0.4 is 11.1 Å². The average molecular weight is 270 g/mol. The Kier molecular flexibility index (Phi) is 3.05. The third-order valence-corrected chi connectivity index (χ3v) is 4.00. The zero-order chi connectivity index (χ0) is 13.2. The summed E-state index contributed by atoms with van der Waals surface area (Å²) in [5, 5.41) is 8.57. The summed E-state index contributed by atoms with van der Waals surface area (Å²) < 4.78 is 0. The van der Waals surface area contributed by atoms with Gasteiger partial charge < -0.3 is 11.1 Å². The molecule has 1 atom stereocenters. The molecule has 0 fully saturated rings. The number of rotatable bonds is 3. The molecule has 5 heteroatoms. The summed E-state index contributed by atoms with van der Waals surface area (Å²) in [5.41, 5.74) is 7.78. The predicted octanol–water partition coefficient (Wildman–Crippen LogP) is 3.45. The molecule has 0 bridgehead atoms. The number of hydrogen-bond acceptors (Lipinski definition) is 5. The molecule has 4 nitrogen and oxygen atoms in total. The van der Waals surface area contributed by atoms with E-state index < -0.39 is 0 Å². The smallest absolute Gasteiger partial charge is 0.115 e. The lowest BCUT2D eigenvalue weighted by Crippen LogP contribution is -2.06. The SMILES string of the molecule is CC(Nc1ccc(N)c2ccncc12)c1nccs1. The van der Waals surface area contributed by atoms with E-state index in [1.165, 1.54) is 0 Å². The van der Waals surface area contributed by atoms with Gasteiger partial charge in [-0.1, -0.05) is 0 Å². The van der Waals surface area contributed by atoms with Crippen molar-refractivity contribution in [2.75, 3.05) is 11.1 Å². The molecule has 0 amide bonds. The van der Waals surface area contributed by atoms with E-state index in [-0.39, 0.29) is 6.04 Å². The fourth-order valence-corrected chi connectivity index (χ4v) is 2.73. The van der Waals surface area contributed by atoms with E-state index in [1.54, 1.807) is 17.5 Å².